The lowest BCUT2D eigenvalue weighted by atomic mass is 10.1. The number of alkyl halides is 3. The average molecular weight is 360 g/mol. The number of nitrogens with one attached hydrogen (secondary N) is 1. The van der Waals surface area contributed by atoms with Gasteiger partial charge in [0.2, 0.25) is 0 Å². The Kier molecular flexibility index (Phi) is 5.41. The molecule has 2 rings (SSSR count). The van der Waals surface area contributed by atoms with E-state index in [4.69, 9.17) is 10.5 Å². The van der Waals surface area contributed by atoms with Gasteiger partial charge in [0.1, 0.15) is 5.75 Å². The largest absolute Gasteiger partial charge is 0.495 e. The van der Waals surface area contributed by atoms with Crippen LogP contribution in [0.5, 0.6) is 5.75 Å². The lowest BCUT2D eigenvalue weighted by molar-refractivity contribution is -0.167. The van der Waals surface area contributed by atoms with Crippen molar-refractivity contribution in [3.8, 4) is 5.75 Å². The van der Waals surface area contributed by atoms with Crippen LogP contribution in [0.15, 0.2) is 12.1 Å². The van der Waals surface area contributed by atoms with Crippen molar-refractivity contribution in [2.45, 2.75) is 6.18 Å². The maximum atomic E-state index is 12.6. The monoisotopic (exact) mass is 360 g/mol. The molecule has 1 heterocycles. The Hall–Kier alpha value is -2.49. The second-order valence-corrected chi connectivity index (χ2v) is 5.69. The van der Waals surface area contributed by atoms with Crippen molar-refractivity contribution in [3.05, 3.63) is 17.7 Å². The van der Waals surface area contributed by atoms with Crippen molar-refractivity contribution in [2.75, 3.05) is 51.4 Å². The first-order valence-electron chi connectivity index (χ1n) is 7.47. The van der Waals surface area contributed by atoms with Crippen LogP contribution >= 0.6 is 0 Å². The number of methoxy groups -OCH3 is 1. The van der Waals surface area contributed by atoms with Gasteiger partial charge in [-0.25, -0.2) is 0 Å². The number of nitrogens with two attached hydrogens (primary N) is 1. The minimum Gasteiger partial charge on any atom is -0.495 e. The SMILES string of the molecule is COc1cc(C(=O)N2CCN(C)CC2)c(N)cc1NC(=O)C(F)(F)F. The van der Waals surface area contributed by atoms with Gasteiger partial charge in [-0.15, -0.1) is 0 Å². The molecule has 0 spiro atoms. The van der Waals surface area contributed by atoms with Gasteiger partial charge in [0.05, 0.1) is 18.4 Å². The summed E-state index contributed by atoms with van der Waals surface area (Å²) in [5.41, 5.74) is 5.64. The summed E-state index contributed by atoms with van der Waals surface area (Å²) in [4.78, 5) is 27.4. The van der Waals surface area contributed by atoms with Crippen LogP contribution in [-0.2, 0) is 4.79 Å². The Bertz CT molecular complexity index is 671. The molecule has 0 atom stereocenters. The van der Waals surface area contributed by atoms with E-state index in [1.807, 2.05) is 7.05 Å². The highest BCUT2D eigenvalue weighted by atomic mass is 19.4. The molecule has 1 aliphatic heterocycles. The second kappa shape index (κ2) is 7.18. The molecule has 25 heavy (non-hydrogen) atoms. The minimum absolute atomic E-state index is 0.0396. The first kappa shape index (κ1) is 18.8. The average Bonchev–Trinajstić information content (AvgIpc) is 2.54. The zero-order valence-electron chi connectivity index (χ0n) is 13.8. The van der Waals surface area contributed by atoms with Gasteiger partial charge in [0.25, 0.3) is 5.91 Å². The molecule has 0 aromatic heterocycles. The van der Waals surface area contributed by atoms with Crippen LogP contribution in [0, 0.1) is 0 Å². The van der Waals surface area contributed by atoms with Gasteiger partial charge >= 0.3 is 12.1 Å². The Morgan fingerprint density at radius 2 is 1.80 bits per heavy atom. The van der Waals surface area contributed by atoms with Gasteiger partial charge < -0.3 is 25.6 Å². The summed E-state index contributed by atoms with van der Waals surface area (Å²) in [5.74, 6) is -2.56. The van der Waals surface area contributed by atoms with Crippen molar-refractivity contribution in [1.29, 1.82) is 0 Å². The van der Waals surface area contributed by atoms with E-state index in [2.05, 4.69) is 4.90 Å². The lowest BCUT2D eigenvalue weighted by Crippen LogP contribution is -2.47. The molecule has 0 aliphatic carbocycles. The highest BCUT2D eigenvalue weighted by molar-refractivity contribution is 6.03. The molecule has 0 unspecified atom stereocenters. The van der Waals surface area contributed by atoms with Gasteiger partial charge in [-0.05, 0) is 19.2 Å². The van der Waals surface area contributed by atoms with E-state index in [-0.39, 0.29) is 28.6 Å². The van der Waals surface area contributed by atoms with Crippen molar-refractivity contribution < 1.29 is 27.5 Å². The number of anilines is 2. The summed E-state index contributed by atoms with van der Waals surface area (Å²) >= 11 is 0. The number of nitrogen functional groups attached to an aromatic ring is 1. The Morgan fingerprint density at radius 3 is 2.32 bits per heavy atom. The van der Waals surface area contributed by atoms with E-state index in [9.17, 15) is 22.8 Å². The Morgan fingerprint density at radius 1 is 1.20 bits per heavy atom. The van der Waals surface area contributed by atoms with Crippen LogP contribution in [0.1, 0.15) is 10.4 Å². The van der Waals surface area contributed by atoms with Gasteiger partial charge in [0, 0.05) is 31.9 Å². The van der Waals surface area contributed by atoms with Crippen molar-refractivity contribution >= 4 is 23.2 Å². The van der Waals surface area contributed by atoms with Crippen molar-refractivity contribution in [2.24, 2.45) is 0 Å². The molecule has 0 saturated carbocycles. The summed E-state index contributed by atoms with van der Waals surface area (Å²) in [5, 5.41) is 1.69. The molecule has 1 aliphatic rings. The molecule has 1 aromatic carbocycles. The fourth-order valence-corrected chi connectivity index (χ4v) is 2.42. The van der Waals surface area contributed by atoms with E-state index in [0.29, 0.717) is 26.2 Å². The number of hydrogen-bond donors (Lipinski definition) is 2. The highest BCUT2D eigenvalue weighted by Gasteiger charge is 2.39. The van der Waals surface area contributed by atoms with E-state index in [1.165, 1.54) is 13.2 Å². The normalized spacial score (nSPS) is 15.8. The molecule has 3 N–H and O–H groups in total. The Balaban J connectivity index is 2.26. The number of piperazine rings is 1. The molecule has 2 amide bonds. The number of ether oxygens (including phenoxy) is 1. The van der Waals surface area contributed by atoms with Gasteiger partial charge in [0.15, 0.2) is 0 Å². The maximum absolute atomic E-state index is 12.6. The predicted molar refractivity (Wildman–Crippen MR) is 85.5 cm³/mol. The third kappa shape index (κ3) is 4.32. The number of nitrogens with zero attached hydrogens (tertiary/aromatic N) is 2. The summed E-state index contributed by atoms with van der Waals surface area (Å²) in [6.07, 6.45) is -5.05. The highest BCUT2D eigenvalue weighted by Crippen LogP contribution is 2.32. The summed E-state index contributed by atoms with van der Waals surface area (Å²) in [6, 6.07) is 2.33. The zero-order valence-corrected chi connectivity index (χ0v) is 13.8. The Labute approximate surface area is 142 Å². The number of rotatable bonds is 3. The first-order chi connectivity index (χ1) is 11.6. The number of amides is 2. The lowest BCUT2D eigenvalue weighted by Gasteiger charge is -2.32. The number of hydrogen-bond acceptors (Lipinski definition) is 5. The molecule has 0 bridgehead atoms. The summed E-state index contributed by atoms with van der Waals surface area (Å²) in [7, 11) is 3.16. The smallest absolute Gasteiger partial charge is 0.471 e. The van der Waals surface area contributed by atoms with Crippen LogP contribution in [0.25, 0.3) is 0 Å². The van der Waals surface area contributed by atoms with Gasteiger partial charge in [-0.3, -0.25) is 9.59 Å². The summed E-state index contributed by atoms with van der Waals surface area (Å²) < 4.78 is 42.2. The predicted octanol–water partition coefficient (Wildman–Crippen LogP) is 1.17. The third-order valence-electron chi connectivity index (χ3n) is 3.90. The molecular formula is C15H19F3N4O3. The number of halogens is 3. The fourth-order valence-electron chi connectivity index (χ4n) is 2.42. The van der Waals surface area contributed by atoms with E-state index < -0.39 is 12.1 Å². The van der Waals surface area contributed by atoms with Crippen LogP contribution < -0.4 is 15.8 Å². The van der Waals surface area contributed by atoms with Gasteiger partial charge in [-0.1, -0.05) is 0 Å². The van der Waals surface area contributed by atoms with Crippen molar-refractivity contribution in [1.82, 2.24) is 9.80 Å². The fraction of sp³-hybridized carbons (Fsp3) is 0.467. The number of carbonyl (C=O) groups excluding carboxylic acids is 2. The molecule has 1 fully saturated rings. The maximum Gasteiger partial charge on any atom is 0.471 e. The molecule has 10 heteroatoms. The molecular weight excluding hydrogens is 341 g/mol. The van der Waals surface area contributed by atoms with E-state index in [0.717, 1.165) is 6.07 Å². The molecule has 138 valence electrons. The van der Waals surface area contributed by atoms with E-state index >= 15 is 0 Å². The summed E-state index contributed by atoms with van der Waals surface area (Å²) in [6.45, 7) is 2.46. The first-order valence-corrected chi connectivity index (χ1v) is 7.47. The zero-order chi connectivity index (χ0) is 18.8. The minimum atomic E-state index is -5.05. The number of benzene rings is 1. The van der Waals surface area contributed by atoms with Crippen LogP contribution in [0.3, 0.4) is 0 Å². The molecule has 1 saturated heterocycles. The molecule has 0 radical (unpaired) electrons. The van der Waals surface area contributed by atoms with E-state index in [1.54, 1.807) is 10.2 Å². The molecule has 7 nitrogen and oxygen atoms in total. The topological polar surface area (TPSA) is 87.9 Å². The van der Waals surface area contributed by atoms with Crippen LogP contribution in [-0.4, -0.2) is 68.1 Å². The standard InChI is InChI=1S/C15H19F3N4O3/c1-21-3-5-22(6-4-21)13(23)9-7-12(25-2)11(8-10(9)19)20-14(24)15(16,17)18/h7-8H,3-6,19H2,1-2H3,(H,20,24). The van der Waals surface area contributed by atoms with Crippen LogP contribution in [0.2, 0.25) is 0 Å². The van der Waals surface area contributed by atoms with Gasteiger partial charge in [-0.2, -0.15) is 13.2 Å². The second-order valence-electron chi connectivity index (χ2n) is 5.69. The number of likely N-dealkylation sites (N-methyl/N-ethyl adjacent to an activating group) is 1. The molecule has 1 aromatic rings. The van der Waals surface area contributed by atoms with Crippen LogP contribution in [0.4, 0.5) is 24.5 Å². The quantitative estimate of drug-likeness (QED) is 0.790. The number of carbonyl (C=O) groups is 2. The van der Waals surface area contributed by atoms with Crippen molar-refractivity contribution in [3.63, 3.8) is 0 Å². The third-order valence-corrected chi connectivity index (χ3v) is 3.90.